The zero-order chi connectivity index (χ0) is 25.7. The Morgan fingerprint density at radius 2 is 1.14 bits per heavy atom. The first kappa shape index (κ1) is 25.6. The van der Waals surface area contributed by atoms with E-state index in [0.29, 0.717) is 34.4 Å². The first-order valence-electron chi connectivity index (χ1n) is 11.4. The molecule has 36 heavy (non-hydrogen) atoms. The minimum absolute atomic E-state index is 0.200. The van der Waals surface area contributed by atoms with Crippen molar-refractivity contribution in [3.05, 3.63) is 92.8 Å². The SMILES string of the molecule is CCOc1c(SSc2cnn(-c3cccc(C)c3)c(=O)c2OCC)cnn(-c2cccc(C)c2)c1=O. The van der Waals surface area contributed by atoms with E-state index in [1.54, 1.807) is 12.4 Å². The zero-order valence-electron chi connectivity index (χ0n) is 20.4. The average molecular weight is 523 g/mol. The summed E-state index contributed by atoms with van der Waals surface area (Å²) in [6.45, 7) is 8.19. The third-order valence-electron chi connectivity index (χ3n) is 5.09. The number of ether oxygens (including phenoxy) is 2. The molecule has 0 bridgehead atoms. The highest BCUT2D eigenvalue weighted by Crippen LogP contribution is 2.42. The van der Waals surface area contributed by atoms with E-state index in [1.807, 2.05) is 76.2 Å². The van der Waals surface area contributed by atoms with Crippen molar-refractivity contribution >= 4 is 21.6 Å². The van der Waals surface area contributed by atoms with E-state index in [2.05, 4.69) is 10.2 Å². The molecule has 0 spiro atoms. The molecule has 186 valence electrons. The normalized spacial score (nSPS) is 10.9. The summed E-state index contributed by atoms with van der Waals surface area (Å²) in [6.07, 6.45) is 3.18. The van der Waals surface area contributed by atoms with Crippen LogP contribution in [0.3, 0.4) is 0 Å². The third kappa shape index (κ3) is 5.50. The molecule has 0 amide bonds. The molecular formula is C26H26N4O4S2. The van der Waals surface area contributed by atoms with Gasteiger partial charge in [0.2, 0.25) is 11.5 Å². The lowest BCUT2D eigenvalue weighted by Crippen LogP contribution is -2.24. The van der Waals surface area contributed by atoms with Crippen LogP contribution in [-0.2, 0) is 0 Å². The topological polar surface area (TPSA) is 88.2 Å². The van der Waals surface area contributed by atoms with Crippen LogP contribution in [0.1, 0.15) is 25.0 Å². The Kier molecular flexibility index (Phi) is 8.17. The van der Waals surface area contributed by atoms with Crippen LogP contribution in [0.2, 0.25) is 0 Å². The zero-order valence-corrected chi connectivity index (χ0v) is 22.1. The Hall–Kier alpha value is -3.50. The van der Waals surface area contributed by atoms with E-state index in [1.165, 1.54) is 31.0 Å². The molecule has 0 aliphatic heterocycles. The maximum absolute atomic E-state index is 13.2. The van der Waals surface area contributed by atoms with Gasteiger partial charge in [0.1, 0.15) is 0 Å². The smallest absolute Gasteiger partial charge is 0.315 e. The van der Waals surface area contributed by atoms with Crippen molar-refractivity contribution in [2.24, 2.45) is 0 Å². The van der Waals surface area contributed by atoms with Gasteiger partial charge >= 0.3 is 11.1 Å². The van der Waals surface area contributed by atoms with Gasteiger partial charge < -0.3 is 9.47 Å². The Balaban J connectivity index is 1.68. The molecule has 4 rings (SSSR count). The largest absolute Gasteiger partial charge is 0.487 e. The molecule has 2 aromatic heterocycles. The highest BCUT2D eigenvalue weighted by molar-refractivity contribution is 8.76. The van der Waals surface area contributed by atoms with Crippen LogP contribution in [0.15, 0.2) is 80.3 Å². The fourth-order valence-electron chi connectivity index (χ4n) is 3.50. The molecule has 0 atom stereocenters. The molecule has 10 heteroatoms. The minimum Gasteiger partial charge on any atom is -0.487 e. The molecule has 0 aliphatic rings. The maximum Gasteiger partial charge on any atom is 0.315 e. The summed E-state index contributed by atoms with van der Waals surface area (Å²) in [7, 11) is 2.52. The van der Waals surface area contributed by atoms with Gasteiger partial charge in [-0.15, -0.1) is 0 Å². The summed E-state index contributed by atoms with van der Waals surface area (Å²) < 4.78 is 14.1. The highest BCUT2D eigenvalue weighted by Gasteiger charge is 2.19. The summed E-state index contributed by atoms with van der Waals surface area (Å²) in [6, 6.07) is 15.1. The number of hydrogen-bond acceptors (Lipinski definition) is 8. The van der Waals surface area contributed by atoms with Gasteiger partial charge in [0, 0.05) is 0 Å². The van der Waals surface area contributed by atoms with Crippen LogP contribution in [0.4, 0.5) is 0 Å². The lowest BCUT2D eigenvalue weighted by Gasteiger charge is -2.14. The molecule has 0 aliphatic carbocycles. The van der Waals surface area contributed by atoms with Gasteiger partial charge in [-0.1, -0.05) is 24.3 Å². The Morgan fingerprint density at radius 3 is 1.50 bits per heavy atom. The Bertz CT molecular complexity index is 1390. The Morgan fingerprint density at radius 1 is 0.722 bits per heavy atom. The van der Waals surface area contributed by atoms with E-state index in [0.717, 1.165) is 11.1 Å². The number of aryl methyl sites for hydroxylation is 2. The van der Waals surface area contributed by atoms with E-state index in [4.69, 9.17) is 9.47 Å². The second-order valence-corrected chi connectivity index (χ2v) is 10.0. The van der Waals surface area contributed by atoms with Crippen molar-refractivity contribution in [1.29, 1.82) is 0 Å². The number of benzene rings is 2. The number of aromatic nitrogens is 4. The molecule has 0 saturated heterocycles. The van der Waals surface area contributed by atoms with Crippen LogP contribution >= 0.6 is 21.6 Å². The summed E-state index contributed by atoms with van der Waals surface area (Å²) in [5.41, 5.74) is 2.65. The average Bonchev–Trinajstić information content (AvgIpc) is 2.86. The molecule has 2 heterocycles. The van der Waals surface area contributed by atoms with Crippen molar-refractivity contribution in [1.82, 2.24) is 19.6 Å². The molecule has 0 N–H and O–H groups in total. The third-order valence-corrected chi connectivity index (χ3v) is 7.44. The van der Waals surface area contributed by atoms with Gasteiger partial charge in [-0.05, 0) is 84.7 Å². The maximum atomic E-state index is 13.2. The van der Waals surface area contributed by atoms with Crippen molar-refractivity contribution in [2.75, 3.05) is 13.2 Å². The second-order valence-electron chi connectivity index (χ2n) is 7.82. The van der Waals surface area contributed by atoms with Crippen LogP contribution in [0, 0.1) is 13.8 Å². The molecule has 0 fully saturated rings. The predicted molar refractivity (Wildman–Crippen MR) is 143 cm³/mol. The van der Waals surface area contributed by atoms with E-state index >= 15 is 0 Å². The Labute approximate surface area is 216 Å². The lowest BCUT2D eigenvalue weighted by molar-refractivity contribution is 0.323. The predicted octanol–water partition coefficient (Wildman–Crippen LogP) is 4.99. The van der Waals surface area contributed by atoms with Crippen molar-refractivity contribution in [3.63, 3.8) is 0 Å². The van der Waals surface area contributed by atoms with Crippen LogP contribution in [-0.4, -0.2) is 32.8 Å². The summed E-state index contributed by atoms with van der Waals surface area (Å²) in [5, 5.41) is 8.72. The van der Waals surface area contributed by atoms with Gasteiger partial charge in [0.25, 0.3) is 0 Å². The number of rotatable bonds is 9. The van der Waals surface area contributed by atoms with Crippen LogP contribution in [0.25, 0.3) is 11.4 Å². The van der Waals surface area contributed by atoms with E-state index < -0.39 is 0 Å². The standard InChI is InChI=1S/C26H26N4O4S2/c1-5-33-23-21(15-27-29(25(23)31)19-11-7-9-17(3)13-19)35-36-22-16-28-30(26(32)24(22)34-6-2)20-12-8-10-18(4)14-20/h7-16H,5-6H2,1-4H3. The van der Waals surface area contributed by atoms with Gasteiger partial charge in [-0.3, -0.25) is 9.59 Å². The fraction of sp³-hybridized carbons (Fsp3) is 0.231. The van der Waals surface area contributed by atoms with Crippen LogP contribution in [0.5, 0.6) is 11.5 Å². The number of hydrogen-bond donors (Lipinski definition) is 0. The second kappa shape index (κ2) is 11.5. The first-order valence-corrected chi connectivity index (χ1v) is 13.6. The van der Waals surface area contributed by atoms with E-state index in [9.17, 15) is 9.59 Å². The van der Waals surface area contributed by atoms with E-state index in [-0.39, 0.29) is 22.6 Å². The fourth-order valence-corrected chi connectivity index (χ4v) is 5.55. The van der Waals surface area contributed by atoms with Crippen molar-refractivity contribution < 1.29 is 9.47 Å². The molecule has 8 nitrogen and oxygen atoms in total. The van der Waals surface area contributed by atoms with Crippen molar-refractivity contribution in [3.8, 4) is 22.9 Å². The first-order chi connectivity index (χ1) is 17.4. The van der Waals surface area contributed by atoms with Gasteiger partial charge in [-0.25, -0.2) is 0 Å². The summed E-state index contributed by atoms with van der Waals surface area (Å²) in [5.74, 6) is 0.399. The van der Waals surface area contributed by atoms with Gasteiger partial charge in [0.05, 0.1) is 46.8 Å². The molecule has 0 unspecified atom stereocenters. The molecule has 0 radical (unpaired) electrons. The molecule has 4 aromatic rings. The van der Waals surface area contributed by atoms with Gasteiger partial charge in [0.15, 0.2) is 0 Å². The monoisotopic (exact) mass is 522 g/mol. The van der Waals surface area contributed by atoms with Gasteiger partial charge in [-0.2, -0.15) is 19.6 Å². The molecule has 0 saturated carbocycles. The highest BCUT2D eigenvalue weighted by atomic mass is 33.1. The molecular weight excluding hydrogens is 496 g/mol. The van der Waals surface area contributed by atoms with Crippen molar-refractivity contribution in [2.45, 2.75) is 37.5 Å². The summed E-state index contributed by atoms with van der Waals surface area (Å²) >= 11 is 0. The lowest BCUT2D eigenvalue weighted by atomic mass is 10.2. The quantitative estimate of drug-likeness (QED) is 0.284. The molecule has 2 aromatic carbocycles. The van der Waals surface area contributed by atoms with Crippen LogP contribution < -0.4 is 20.6 Å². The number of nitrogens with zero attached hydrogens (tertiary/aromatic N) is 4. The minimum atomic E-state index is -0.355. The summed E-state index contributed by atoms with van der Waals surface area (Å²) in [4.78, 5) is 27.5.